The van der Waals surface area contributed by atoms with Crippen LogP contribution in [0.4, 0.5) is 0 Å². The molecule has 0 aliphatic carbocycles. The number of halogens is 2. The Labute approximate surface area is 111 Å². The predicted molar refractivity (Wildman–Crippen MR) is 73.8 cm³/mol. The lowest BCUT2D eigenvalue weighted by Gasteiger charge is -2.30. The molecule has 2 N–H and O–H groups in total. The fraction of sp³-hybridized carbons (Fsp3) is 0.500. The molecule has 1 rings (SSSR count). The average molecular weight is 306 g/mol. The molecule has 1 unspecified atom stereocenters. The Balaban J connectivity index is 2.99. The number of rotatable bonds is 4. The van der Waals surface area contributed by atoms with E-state index in [1.165, 1.54) is 0 Å². The minimum atomic E-state index is 0.214. The number of benzene rings is 1. The van der Waals surface area contributed by atoms with Gasteiger partial charge >= 0.3 is 0 Å². The molecule has 1 aromatic carbocycles. The summed E-state index contributed by atoms with van der Waals surface area (Å²) in [6.07, 6.45) is 0. The fourth-order valence-electron chi connectivity index (χ4n) is 1.62. The summed E-state index contributed by atoms with van der Waals surface area (Å²) in [5.41, 5.74) is 6.99. The molecule has 4 heteroatoms. The maximum Gasteiger partial charge on any atom is 0.0551 e. The highest BCUT2D eigenvalue weighted by Gasteiger charge is 2.18. The largest absolute Gasteiger partial charge is 0.329 e. The van der Waals surface area contributed by atoms with Crippen molar-refractivity contribution in [2.24, 2.45) is 5.73 Å². The molecule has 0 radical (unpaired) electrons. The van der Waals surface area contributed by atoms with Crippen LogP contribution < -0.4 is 5.73 Å². The molecule has 90 valence electrons. The van der Waals surface area contributed by atoms with Gasteiger partial charge in [0.1, 0.15) is 0 Å². The standard InChI is InChI=1S/C12H18BrClN2/c1-8(2)16(3)12(7-15)9-4-5-10(13)11(14)6-9/h4-6,8,12H,7,15H2,1-3H3. The maximum absolute atomic E-state index is 6.09. The van der Waals surface area contributed by atoms with E-state index in [0.717, 1.165) is 15.1 Å². The third-order valence-corrected chi connectivity index (χ3v) is 4.09. The third-order valence-electron chi connectivity index (χ3n) is 2.86. The highest BCUT2D eigenvalue weighted by atomic mass is 79.9. The Morgan fingerprint density at radius 1 is 1.44 bits per heavy atom. The normalized spacial score (nSPS) is 13.5. The topological polar surface area (TPSA) is 29.3 Å². The van der Waals surface area contributed by atoms with E-state index < -0.39 is 0 Å². The summed E-state index contributed by atoms with van der Waals surface area (Å²) in [5, 5.41) is 0.730. The van der Waals surface area contributed by atoms with Gasteiger partial charge in [0.2, 0.25) is 0 Å². The van der Waals surface area contributed by atoms with Crippen molar-refractivity contribution in [3.05, 3.63) is 33.3 Å². The smallest absolute Gasteiger partial charge is 0.0551 e. The van der Waals surface area contributed by atoms with E-state index in [0.29, 0.717) is 12.6 Å². The second kappa shape index (κ2) is 6.01. The first kappa shape index (κ1) is 14.0. The molecule has 16 heavy (non-hydrogen) atoms. The van der Waals surface area contributed by atoms with Crippen molar-refractivity contribution in [3.63, 3.8) is 0 Å². The van der Waals surface area contributed by atoms with Gasteiger partial charge in [0.05, 0.1) is 5.02 Å². The van der Waals surface area contributed by atoms with E-state index in [9.17, 15) is 0 Å². The lowest BCUT2D eigenvalue weighted by Crippen LogP contribution is -2.35. The predicted octanol–water partition coefficient (Wildman–Crippen LogP) is 3.44. The molecule has 2 nitrogen and oxygen atoms in total. The van der Waals surface area contributed by atoms with Gasteiger partial charge in [-0.1, -0.05) is 17.7 Å². The second-order valence-electron chi connectivity index (χ2n) is 4.18. The summed E-state index contributed by atoms with van der Waals surface area (Å²) in [5.74, 6) is 0. The molecule has 0 bridgehead atoms. The van der Waals surface area contributed by atoms with Gasteiger partial charge < -0.3 is 5.73 Å². The fourth-order valence-corrected chi connectivity index (χ4v) is 2.05. The van der Waals surface area contributed by atoms with E-state index in [4.69, 9.17) is 17.3 Å². The van der Waals surface area contributed by atoms with Crippen LogP contribution in [0.2, 0.25) is 5.02 Å². The van der Waals surface area contributed by atoms with Gasteiger partial charge in [0.25, 0.3) is 0 Å². The van der Waals surface area contributed by atoms with Crippen LogP contribution in [0.25, 0.3) is 0 Å². The Kier molecular flexibility index (Phi) is 5.25. The van der Waals surface area contributed by atoms with Gasteiger partial charge in [-0.05, 0) is 54.5 Å². The molecule has 0 saturated heterocycles. The van der Waals surface area contributed by atoms with Crippen molar-refractivity contribution in [1.29, 1.82) is 0 Å². The summed E-state index contributed by atoms with van der Waals surface area (Å²) in [4.78, 5) is 2.25. The summed E-state index contributed by atoms with van der Waals surface area (Å²) in [6, 6.07) is 6.67. The molecule has 1 aromatic rings. The molecule has 0 heterocycles. The maximum atomic E-state index is 6.09. The monoisotopic (exact) mass is 304 g/mol. The molecule has 0 aliphatic rings. The Hall–Kier alpha value is -0.0900. The van der Waals surface area contributed by atoms with E-state index in [1.54, 1.807) is 0 Å². The summed E-state index contributed by atoms with van der Waals surface area (Å²) < 4.78 is 0.917. The Bertz CT molecular complexity index is 355. The van der Waals surface area contributed by atoms with E-state index in [2.05, 4.69) is 47.8 Å². The van der Waals surface area contributed by atoms with Crippen molar-refractivity contribution >= 4 is 27.5 Å². The van der Waals surface area contributed by atoms with Gasteiger partial charge in [-0.25, -0.2) is 0 Å². The summed E-state index contributed by atoms with van der Waals surface area (Å²) >= 11 is 9.48. The van der Waals surface area contributed by atoms with Crippen LogP contribution in [0.15, 0.2) is 22.7 Å². The first-order chi connectivity index (χ1) is 7.47. The van der Waals surface area contributed by atoms with E-state index in [-0.39, 0.29) is 6.04 Å². The minimum absolute atomic E-state index is 0.214. The minimum Gasteiger partial charge on any atom is -0.329 e. The molecule has 0 amide bonds. The molecular weight excluding hydrogens is 288 g/mol. The second-order valence-corrected chi connectivity index (χ2v) is 5.45. The molecule has 0 aromatic heterocycles. The SMILES string of the molecule is CC(C)N(C)C(CN)c1ccc(Br)c(Cl)c1. The number of nitrogens with two attached hydrogens (primary N) is 1. The average Bonchev–Trinajstić information content (AvgIpc) is 2.24. The van der Waals surface area contributed by atoms with Gasteiger partial charge in [-0.3, -0.25) is 4.90 Å². The van der Waals surface area contributed by atoms with Gasteiger partial charge in [-0.15, -0.1) is 0 Å². The van der Waals surface area contributed by atoms with Gasteiger partial charge in [0.15, 0.2) is 0 Å². The number of hydrogen-bond acceptors (Lipinski definition) is 2. The van der Waals surface area contributed by atoms with Crippen LogP contribution in [0, 0.1) is 0 Å². The molecule has 0 fully saturated rings. The van der Waals surface area contributed by atoms with Crippen LogP contribution in [0.3, 0.4) is 0 Å². The summed E-state index contributed by atoms with van der Waals surface area (Å²) in [7, 11) is 2.08. The van der Waals surface area contributed by atoms with Crippen molar-refractivity contribution < 1.29 is 0 Å². The zero-order valence-corrected chi connectivity index (χ0v) is 12.2. The van der Waals surface area contributed by atoms with Gasteiger partial charge in [-0.2, -0.15) is 0 Å². The van der Waals surface area contributed by atoms with E-state index in [1.807, 2.05) is 12.1 Å². The lowest BCUT2D eigenvalue weighted by atomic mass is 10.0. The van der Waals surface area contributed by atoms with Crippen LogP contribution in [-0.2, 0) is 0 Å². The number of hydrogen-bond donors (Lipinski definition) is 1. The zero-order valence-electron chi connectivity index (χ0n) is 9.87. The van der Waals surface area contributed by atoms with Crippen molar-refractivity contribution in [3.8, 4) is 0 Å². The molecular formula is C12H18BrClN2. The van der Waals surface area contributed by atoms with Crippen molar-refractivity contribution in [2.75, 3.05) is 13.6 Å². The van der Waals surface area contributed by atoms with Crippen LogP contribution >= 0.6 is 27.5 Å². The molecule has 0 aliphatic heterocycles. The first-order valence-corrected chi connectivity index (χ1v) is 6.51. The molecule has 1 atom stereocenters. The third kappa shape index (κ3) is 3.20. The van der Waals surface area contributed by atoms with Gasteiger partial charge in [0, 0.05) is 23.1 Å². The van der Waals surface area contributed by atoms with E-state index >= 15 is 0 Å². The first-order valence-electron chi connectivity index (χ1n) is 5.34. The number of nitrogens with zero attached hydrogens (tertiary/aromatic N) is 1. The highest BCUT2D eigenvalue weighted by molar-refractivity contribution is 9.10. The highest BCUT2D eigenvalue weighted by Crippen LogP contribution is 2.28. The Morgan fingerprint density at radius 2 is 2.06 bits per heavy atom. The van der Waals surface area contributed by atoms with Crippen molar-refractivity contribution in [1.82, 2.24) is 4.90 Å². The van der Waals surface area contributed by atoms with Crippen molar-refractivity contribution in [2.45, 2.75) is 25.9 Å². The molecule has 0 saturated carbocycles. The quantitative estimate of drug-likeness (QED) is 0.923. The Morgan fingerprint density at radius 3 is 2.50 bits per heavy atom. The zero-order chi connectivity index (χ0) is 12.3. The molecule has 0 spiro atoms. The van der Waals surface area contributed by atoms with Crippen LogP contribution in [-0.4, -0.2) is 24.5 Å². The van der Waals surface area contributed by atoms with Crippen LogP contribution in [0.5, 0.6) is 0 Å². The summed E-state index contributed by atoms with van der Waals surface area (Å²) in [6.45, 7) is 4.90. The lowest BCUT2D eigenvalue weighted by molar-refractivity contribution is 0.201. The van der Waals surface area contributed by atoms with Crippen LogP contribution in [0.1, 0.15) is 25.5 Å². The number of likely N-dealkylation sites (N-methyl/N-ethyl adjacent to an activating group) is 1.